The number of aromatic nitrogens is 1. The number of nitrogens with zero attached hydrogens (tertiary/aromatic N) is 4. The second-order valence-electron chi connectivity index (χ2n) is 9.10. The van der Waals surface area contributed by atoms with E-state index in [1.165, 1.54) is 23.5 Å². The molecule has 2 amide bonds. The predicted octanol–water partition coefficient (Wildman–Crippen LogP) is 4.21. The van der Waals surface area contributed by atoms with Crippen LogP contribution < -0.4 is 14.5 Å². The van der Waals surface area contributed by atoms with Crippen LogP contribution >= 0.6 is 22.9 Å². The SMILES string of the molecule is COc1ccc(Cl)c2sc(N(CCCN3CCOCC3)C(=O)C3CC(=O)N(c4ccc(F)cc4)C3)nc12. The zero-order chi connectivity index (χ0) is 25.9. The summed E-state index contributed by atoms with van der Waals surface area (Å²) in [5.74, 6) is -0.646. The Morgan fingerprint density at radius 1 is 1.24 bits per heavy atom. The van der Waals surface area contributed by atoms with Crippen LogP contribution in [-0.4, -0.2) is 74.7 Å². The van der Waals surface area contributed by atoms with Crippen LogP contribution in [0.4, 0.5) is 15.2 Å². The van der Waals surface area contributed by atoms with Crippen LogP contribution in [0.1, 0.15) is 12.8 Å². The first-order valence-corrected chi connectivity index (χ1v) is 13.4. The number of rotatable bonds is 8. The van der Waals surface area contributed by atoms with Crippen LogP contribution in [0.5, 0.6) is 5.75 Å². The number of carbonyl (C=O) groups is 2. The van der Waals surface area contributed by atoms with Crippen LogP contribution in [0.15, 0.2) is 36.4 Å². The summed E-state index contributed by atoms with van der Waals surface area (Å²) in [6.07, 6.45) is 0.833. The minimum absolute atomic E-state index is 0.0884. The lowest BCUT2D eigenvalue weighted by Gasteiger charge is -2.28. The smallest absolute Gasteiger partial charge is 0.234 e. The maximum Gasteiger partial charge on any atom is 0.234 e. The summed E-state index contributed by atoms with van der Waals surface area (Å²) in [5, 5.41) is 1.07. The van der Waals surface area contributed by atoms with Crippen LogP contribution in [0.3, 0.4) is 0 Å². The molecule has 2 aliphatic rings. The highest BCUT2D eigenvalue weighted by Gasteiger charge is 2.38. The van der Waals surface area contributed by atoms with E-state index in [1.807, 2.05) is 0 Å². The van der Waals surface area contributed by atoms with Crippen molar-refractivity contribution in [2.24, 2.45) is 5.92 Å². The number of thiazole rings is 1. The van der Waals surface area contributed by atoms with Crippen molar-refractivity contribution in [1.82, 2.24) is 9.88 Å². The molecule has 2 saturated heterocycles. The summed E-state index contributed by atoms with van der Waals surface area (Å²) in [6.45, 7) is 4.67. The van der Waals surface area contributed by atoms with E-state index in [0.717, 1.165) is 30.8 Å². The third-order valence-corrected chi connectivity index (χ3v) is 8.28. The maximum absolute atomic E-state index is 13.9. The molecule has 0 bridgehead atoms. The summed E-state index contributed by atoms with van der Waals surface area (Å²) in [7, 11) is 1.57. The Labute approximate surface area is 223 Å². The molecule has 1 aromatic heterocycles. The van der Waals surface area contributed by atoms with Gasteiger partial charge in [-0.2, -0.15) is 0 Å². The maximum atomic E-state index is 13.9. The van der Waals surface area contributed by atoms with E-state index in [-0.39, 0.29) is 30.6 Å². The van der Waals surface area contributed by atoms with Crippen LogP contribution in [0.25, 0.3) is 10.2 Å². The van der Waals surface area contributed by atoms with Gasteiger partial charge in [0, 0.05) is 44.8 Å². The molecule has 11 heteroatoms. The molecule has 1 unspecified atom stereocenters. The van der Waals surface area contributed by atoms with Crippen molar-refractivity contribution < 1.29 is 23.5 Å². The van der Waals surface area contributed by atoms with E-state index >= 15 is 0 Å². The Balaban J connectivity index is 1.39. The number of anilines is 2. The van der Waals surface area contributed by atoms with Crippen LogP contribution in [0, 0.1) is 11.7 Å². The normalized spacial score (nSPS) is 18.5. The van der Waals surface area contributed by atoms with Crippen molar-refractivity contribution in [3.05, 3.63) is 47.2 Å². The highest BCUT2D eigenvalue weighted by molar-refractivity contribution is 7.23. The molecule has 0 N–H and O–H groups in total. The molecule has 8 nitrogen and oxygen atoms in total. The molecule has 0 spiro atoms. The fraction of sp³-hybridized carbons (Fsp3) is 0.423. The van der Waals surface area contributed by atoms with Gasteiger partial charge >= 0.3 is 0 Å². The number of morpholine rings is 1. The van der Waals surface area contributed by atoms with E-state index in [4.69, 9.17) is 26.1 Å². The van der Waals surface area contributed by atoms with Crippen molar-refractivity contribution in [3.8, 4) is 5.75 Å². The minimum atomic E-state index is -0.537. The minimum Gasteiger partial charge on any atom is -0.494 e. The lowest BCUT2D eigenvalue weighted by molar-refractivity contribution is -0.124. The largest absolute Gasteiger partial charge is 0.494 e. The molecular weight excluding hydrogens is 519 g/mol. The topological polar surface area (TPSA) is 75.2 Å². The first-order valence-electron chi connectivity index (χ1n) is 12.2. The van der Waals surface area contributed by atoms with Crippen molar-refractivity contribution >= 4 is 55.8 Å². The summed E-state index contributed by atoms with van der Waals surface area (Å²) in [4.78, 5) is 37.0. The number of hydrogen-bond donors (Lipinski definition) is 0. The lowest BCUT2D eigenvalue weighted by atomic mass is 10.1. The fourth-order valence-corrected chi connectivity index (χ4v) is 6.05. The van der Waals surface area contributed by atoms with Crippen molar-refractivity contribution in [3.63, 3.8) is 0 Å². The molecule has 3 aromatic rings. The van der Waals surface area contributed by atoms with Gasteiger partial charge in [0.25, 0.3) is 0 Å². The molecule has 196 valence electrons. The Bertz CT molecular complexity index is 1280. The van der Waals surface area contributed by atoms with E-state index in [2.05, 4.69) is 4.90 Å². The average Bonchev–Trinajstić information content (AvgIpc) is 3.53. The number of benzene rings is 2. The van der Waals surface area contributed by atoms with Gasteiger partial charge in [-0.25, -0.2) is 9.37 Å². The van der Waals surface area contributed by atoms with E-state index in [9.17, 15) is 14.0 Å². The monoisotopic (exact) mass is 546 g/mol. The molecule has 2 aromatic carbocycles. The highest BCUT2D eigenvalue weighted by Crippen LogP contribution is 2.39. The first kappa shape index (κ1) is 25.8. The van der Waals surface area contributed by atoms with E-state index in [1.54, 1.807) is 41.2 Å². The molecule has 0 aliphatic carbocycles. The van der Waals surface area contributed by atoms with Crippen molar-refractivity contribution in [2.45, 2.75) is 12.8 Å². The molecular formula is C26H28ClFN4O4S. The summed E-state index contributed by atoms with van der Waals surface area (Å²) in [5.41, 5.74) is 1.19. The van der Waals surface area contributed by atoms with Gasteiger partial charge < -0.3 is 14.4 Å². The molecule has 37 heavy (non-hydrogen) atoms. The Hall–Kier alpha value is -2.79. The zero-order valence-electron chi connectivity index (χ0n) is 20.5. The van der Waals surface area contributed by atoms with Gasteiger partial charge in [0.05, 0.1) is 36.0 Å². The summed E-state index contributed by atoms with van der Waals surface area (Å²) < 4.78 is 25.0. The van der Waals surface area contributed by atoms with Crippen LogP contribution in [-0.2, 0) is 14.3 Å². The molecule has 2 fully saturated rings. The van der Waals surface area contributed by atoms with E-state index in [0.29, 0.717) is 46.9 Å². The van der Waals surface area contributed by atoms with Gasteiger partial charge in [0.1, 0.15) is 17.1 Å². The first-order chi connectivity index (χ1) is 17.9. The van der Waals surface area contributed by atoms with Gasteiger partial charge in [-0.15, -0.1) is 0 Å². The quantitative estimate of drug-likeness (QED) is 0.421. The molecule has 0 saturated carbocycles. The average molecular weight is 547 g/mol. The number of ether oxygens (including phenoxy) is 2. The molecule has 2 aliphatic heterocycles. The molecule has 3 heterocycles. The summed E-state index contributed by atoms with van der Waals surface area (Å²) >= 11 is 7.79. The molecule has 5 rings (SSSR count). The van der Waals surface area contributed by atoms with Gasteiger partial charge in [-0.3, -0.25) is 19.4 Å². The molecule has 0 radical (unpaired) electrons. The highest BCUT2D eigenvalue weighted by atomic mass is 35.5. The van der Waals surface area contributed by atoms with Crippen molar-refractivity contribution in [1.29, 1.82) is 0 Å². The fourth-order valence-electron chi connectivity index (χ4n) is 4.76. The molecule has 1 atom stereocenters. The third kappa shape index (κ3) is 5.57. The third-order valence-electron chi connectivity index (χ3n) is 6.74. The number of carbonyl (C=O) groups excluding carboxylic acids is 2. The summed E-state index contributed by atoms with van der Waals surface area (Å²) in [6, 6.07) is 9.26. The Morgan fingerprint density at radius 3 is 2.73 bits per heavy atom. The number of fused-ring (bicyclic) bond motifs is 1. The van der Waals surface area contributed by atoms with Gasteiger partial charge in [0.2, 0.25) is 11.8 Å². The Morgan fingerprint density at radius 2 is 2.00 bits per heavy atom. The van der Waals surface area contributed by atoms with Crippen molar-refractivity contribution in [2.75, 3.05) is 62.8 Å². The lowest BCUT2D eigenvalue weighted by Crippen LogP contribution is -2.41. The number of halogens is 2. The second-order valence-corrected chi connectivity index (χ2v) is 10.5. The van der Waals surface area contributed by atoms with E-state index < -0.39 is 5.92 Å². The number of methoxy groups -OCH3 is 1. The Kier molecular flexibility index (Phi) is 7.89. The zero-order valence-corrected chi connectivity index (χ0v) is 22.1. The predicted molar refractivity (Wildman–Crippen MR) is 142 cm³/mol. The van der Waals surface area contributed by atoms with Gasteiger partial charge in [0.15, 0.2) is 5.13 Å². The van der Waals surface area contributed by atoms with Crippen LogP contribution in [0.2, 0.25) is 5.02 Å². The second kappa shape index (κ2) is 11.3. The number of hydrogen-bond acceptors (Lipinski definition) is 7. The number of amides is 2. The van der Waals surface area contributed by atoms with Gasteiger partial charge in [-0.05, 0) is 42.8 Å². The van der Waals surface area contributed by atoms with Gasteiger partial charge in [-0.1, -0.05) is 22.9 Å². The standard InChI is InChI=1S/C26H28ClFN4O4S/c1-35-21-8-7-20(27)24-23(21)29-26(37-24)31(10-2-9-30-11-13-36-14-12-30)25(34)17-15-22(33)32(16-17)19-5-3-18(28)4-6-19/h3-8,17H,2,9-16H2,1H3.